The number of hydrogen-bond acceptors (Lipinski definition) is 1. The summed E-state index contributed by atoms with van der Waals surface area (Å²) in [7, 11) is 0. The summed E-state index contributed by atoms with van der Waals surface area (Å²) >= 11 is 0. The molecule has 1 aliphatic carbocycles. The van der Waals surface area contributed by atoms with Crippen LogP contribution < -0.4 is 0 Å². The summed E-state index contributed by atoms with van der Waals surface area (Å²) in [6.45, 7) is 6.54. The Balaban J connectivity index is 2.14. The highest BCUT2D eigenvalue weighted by Crippen LogP contribution is 2.45. The minimum Gasteiger partial charge on any atom is -0.294 e. The quantitative estimate of drug-likeness (QED) is 0.686. The zero-order valence-corrected chi connectivity index (χ0v) is 12.6. The zero-order chi connectivity index (χ0) is 14.3. The van der Waals surface area contributed by atoms with Gasteiger partial charge in [0.2, 0.25) is 0 Å². The van der Waals surface area contributed by atoms with Crippen LogP contribution in [0.25, 0.3) is 10.8 Å². The Kier molecular flexibility index (Phi) is 3.16. The third-order valence-electron chi connectivity index (χ3n) is 4.96. The Morgan fingerprint density at radius 1 is 1.15 bits per heavy atom. The number of ketones is 1. The summed E-state index contributed by atoms with van der Waals surface area (Å²) < 4.78 is 0. The lowest BCUT2D eigenvalue weighted by atomic mass is 9.76. The molecule has 0 aliphatic heterocycles. The summed E-state index contributed by atoms with van der Waals surface area (Å²) in [5.74, 6) is 0.522. The largest absolute Gasteiger partial charge is 0.294 e. The molecule has 0 radical (unpaired) electrons. The van der Waals surface area contributed by atoms with Crippen LogP contribution in [0, 0.1) is 18.3 Å². The second-order valence-electron chi connectivity index (χ2n) is 6.78. The first-order valence-corrected chi connectivity index (χ1v) is 7.53. The van der Waals surface area contributed by atoms with Crippen molar-refractivity contribution in [1.82, 2.24) is 0 Å². The molecule has 2 aromatic rings. The molecule has 1 nitrogen and oxygen atoms in total. The summed E-state index contributed by atoms with van der Waals surface area (Å²) in [6.07, 6.45) is 3.37. The van der Waals surface area contributed by atoms with E-state index in [-0.39, 0.29) is 11.3 Å². The SMILES string of the molecule is Cc1ccc2ccccc2c1C(=O)C1CCCC1(C)C. The lowest BCUT2D eigenvalue weighted by molar-refractivity contribution is 0.0840. The summed E-state index contributed by atoms with van der Waals surface area (Å²) in [5.41, 5.74) is 2.19. The van der Waals surface area contributed by atoms with E-state index in [1.165, 1.54) is 6.42 Å². The number of Topliss-reactive ketones (excluding diaryl/α,β-unsaturated/α-hetero) is 1. The Morgan fingerprint density at radius 2 is 1.90 bits per heavy atom. The van der Waals surface area contributed by atoms with E-state index in [4.69, 9.17) is 0 Å². The number of carbonyl (C=O) groups is 1. The molecule has 1 heteroatoms. The second kappa shape index (κ2) is 4.73. The van der Waals surface area contributed by atoms with Crippen LogP contribution in [0.15, 0.2) is 36.4 Å². The van der Waals surface area contributed by atoms with Crippen molar-refractivity contribution < 1.29 is 4.79 Å². The lowest BCUT2D eigenvalue weighted by Crippen LogP contribution is -2.26. The van der Waals surface area contributed by atoms with Gasteiger partial charge in [0.1, 0.15) is 0 Å². The van der Waals surface area contributed by atoms with Gasteiger partial charge in [0.05, 0.1) is 0 Å². The second-order valence-corrected chi connectivity index (χ2v) is 6.78. The minimum atomic E-state index is 0.139. The number of aryl methyl sites for hydroxylation is 1. The van der Waals surface area contributed by atoms with Crippen LogP contribution in [0.4, 0.5) is 0 Å². The van der Waals surface area contributed by atoms with E-state index < -0.39 is 0 Å². The fourth-order valence-electron chi connectivity index (χ4n) is 3.69. The zero-order valence-electron chi connectivity index (χ0n) is 12.6. The molecule has 0 heterocycles. The molecule has 0 bridgehead atoms. The van der Waals surface area contributed by atoms with Crippen molar-refractivity contribution in [3.05, 3.63) is 47.5 Å². The van der Waals surface area contributed by atoms with Gasteiger partial charge in [0, 0.05) is 11.5 Å². The predicted molar refractivity (Wildman–Crippen MR) is 84.1 cm³/mol. The molecule has 1 aliphatic rings. The molecule has 3 rings (SSSR count). The first kappa shape index (κ1) is 13.4. The van der Waals surface area contributed by atoms with Crippen molar-refractivity contribution in [2.75, 3.05) is 0 Å². The van der Waals surface area contributed by atoms with E-state index in [2.05, 4.69) is 45.0 Å². The van der Waals surface area contributed by atoms with Crippen LogP contribution >= 0.6 is 0 Å². The molecule has 0 spiro atoms. The summed E-state index contributed by atoms with van der Waals surface area (Å²) in [6, 6.07) is 12.4. The molecule has 2 aromatic carbocycles. The van der Waals surface area contributed by atoms with Crippen LogP contribution in [0.3, 0.4) is 0 Å². The highest BCUT2D eigenvalue weighted by atomic mass is 16.1. The van der Waals surface area contributed by atoms with Crippen LogP contribution in [0.2, 0.25) is 0 Å². The van der Waals surface area contributed by atoms with Crippen molar-refractivity contribution in [2.24, 2.45) is 11.3 Å². The molecule has 1 unspecified atom stereocenters. The molecule has 0 amide bonds. The van der Waals surface area contributed by atoms with Gasteiger partial charge in [-0.1, -0.05) is 56.7 Å². The van der Waals surface area contributed by atoms with Gasteiger partial charge >= 0.3 is 0 Å². The molecule has 1 atom stereocenters. The predicted octanol–water partition coefficient (Wildman–Crippen LogP) is 5.16. The molecule has 0 aromatic heterocycles. The molecule has 104 valence electrons. The fourth-order valence-corrected chi connectivity index (χ4v) is 3.69. The monoisotopic (exact) mass is 266 g/mol. The Labute approximate surface area is 121 Å². The maximum Gasteiger partial charge on any atom is 0.167 e. The van der Waals surface area contributed by atoms with E-state index in [9.17, 15) is 4.79 Å². The smallest absolute Gasteiger partial charge is 0.167 e. The van der Waals surface area contributed by atoms with Crippen molar-refractivity contribution in [3.8, 4) is 0 Å². The van der Waals surface area contributed by atoms with Crippen LogP contribution in [-0.4, -0.2) is 5.78 Å². The lowest BCUT2D eigenvalue weighted by Gasteiger charge is -2.26. The summed E-state index contributed by atoms with van der Waals surface area (Å²) in [5, 5.41) is 2.28. The molecule has 1 saturated carbocycles. The highest BCUT2D eigenvalue weighted by molar-refractivity contribution is 6.10. The first-order valence-electron chi connectivity index (χ1n) is 7.53. The highest BCUT2D eigenvalue weighted by Gasteiger charge is 2.40. The topological polar surface area (TPSA) is 17.1 Å². The molecule has 0 saturated heterocycles. The fraction of sp³-hybridized carbons (Fsp3) is 0.421. The van der Waals surface area contributed by atoms with Gasteiger partial charge in [-0.2, -0.15) is 0 Å². The number of hydrogen-bond donors (Lipinski definition) is 0. The standard InChI is InChI=1S/C19H22O/c1-13-10-11-14-7-4-5-8-15(14)17(13)18(20)16-9-6-12-19(16,2)3/h4-5,7-8,10-11,16H,6,9,12H2,1-3H3. The van der Waals surface area contributed by atoms with Crippen LogP contribution in [-0.2, 0) is 0 Å². The average Bonchev–Trinajstić information content (AvgIpc) is 2.77. The molecule has 1 fully saturated rings. The third kappa shape index (κ3) is 2.06. The molecular formula is C19H22O. The van der Waals surface area contributed by atoms with Crippen LogP contribution in [0.5, 0.6) is 0 Å². The normalized spacial score (nSPS) is 21.2. The minimum absolute atomic E-state index is 0.139. The molecular weight excluding hydrogens is 244 g/mol. The van der Waals surface area contributed by atoms with Crippen molar-refractivity contribution in [1.29, 1.82) is 0 Å². The van der Waals surface area contributed by atoms with Crippen molar-refractivity contribution in [2.45, 2.75) is 40.0 Å². The maximum atomic E-state index is 13.1. The van der Waals surface area contributed by atoms with E-state index in [1.807, 2.05) is 12.1 Å². The van der Waals surface area contributed by atoms with Crippen molar-refractivity contribution in [3.63, 3.8) is 0 Å². The number of benzene rings is 2. The van der Waals surface area contributed by atoms with Gasteiger partial charge in [-0.15, -0.1) is 0 Å². The third-order valence-corrected chi connectivity index (χ3v) is 4.96. The van der Waals surface area contributed by atoms with Crippen molar-refractivity contribution >= 4 is 16.6 Å². The Hall–Kier alpha value is -1.63. The molecule has 0 N–H and O–H groups in total. The number of carbonyl (C=O) groups excluding carboxylic acids is 1. The maximum absolute atomic E-state index is 13.1. The van der Waals surface area contributed by atoms with E-state index >= 15 is 0 Å². The number of fused-ring (bicyclic) bond motifs is 1. The van der Waals surface area contributed by atoms with Gasteiger partial charge in [-0.25, -0.2) is 0 Å². The van der Waals surface area contributed by atoms with E-state index in [0.29, 0.717) is 5.78 Å². The molecule has 20 heavy (non-hydrogen) atoms. The first-order chi connectivity index (χ1) is 9.50. The van der Waals surface area contributed by atoms with E-state index in [0.717, 1.165) is 34.7 Å². The van der Waals surface area contributed by atoms with Gasteiger partial charge < -0.3 is 0 Å². The van der Waals surface area contributed by atoms with Gasteiger partial charge in [0.25, 0.3) is 0 Å². The van der Waals surface area contributed by atoms with E-state index in [1.54, 1.807) is 0 Å². The Morgan fingerprint density at radius 3 is 2.60 bits per heavy atom. The number of rotatable bonds is 2. The average molecular weight is 266 g/mol. The van der Waals surface area contributed by atoms with Gasteiger partial charge in [-0.05, 0) is 41.5 Å². The van der Waals surface area contributed by atoms with Crippen LogP contribution in [0.1, 0.15) is 49.0 Å². The summed E-state index contributed by atoms with van der Waals surface area (Å²) in [4.78, 5) is 13.1. The van der Waals surface area contributed by atoms with Gasteiger partial charge in [-0.3, -0.25) is 4.79 Å². The Bertz CT molecular complexity index is 667. The van der Waals surface area contributed by atoms with Gasteiger partial charge in [0.15, 0.2) is 5.78 Å².